The van der Waals surface area contributed by atoms with E-state index in [-0.39, 0.29) is 29.1 Å². The van der Waals surface area contributed by atoms with Gasteiger partial charge in [-0.1, -0.05) is 0 Å². The summed E-state index contributed by atoms with van der Waals surface area (Å²) in [5, 5.41) is 14.4. The third-order valence-electron chi connectivity index (χ3n) is 7.55. The molecule has 2 fully saturated rings. The summed E-state index contributed by atoms with van der Waals surface area (Å²) in [6, 6.07) is 6.51. The van der Waals surface area contributed by atoms with Crippen LogP contribution in [0.5, 0.6) is 5.75 Å². The van der Waals surface area contributed by atoms with Gasteiger partial charge in [0.15, 0.2) is 0 Å². The molecule has 1 aliphatic carbocycles. The predicted molar refractivity (Wildman–Crippen MR) is 156 cm³/mol. The third kappa shape index (κ3) is 6.79. The number of fused-ring (bicyclic) bond motifs is 2. The number of alkyl halides is 3. The van der Waals surface area contributed by atoms with Gasteiger partial charge in [-0.25, -0.2) is 0 Å². The molecular weight excluding hydrogens is 616 g/mol. The van der Waals surface area contributed by atoms with Gasteiger partial charge in [0, 0.05) is 0 Å². The second-order valence-electron chi connectivity index (χ2n) is 10.8. The fraction of sp³-hybridized carbons (Fsp3) is 0.448. The van der Waals surface area contributed by atoms with Gasteiger partial charge in [0.25, 0.3) is 0 Å². The molecule has 2 aromatic heterocycles. The van der Waals surface area contributed by atoms with Crippen LogP contribution in [0.2, 0.25) is 0 Å². The number of aromatic nitrogens is 2. The normalized spacial score (nSPS) is 20.7. The SMILES string of the molecule is COc1ccc(C(=O)NC[C@@H](C)O)cc1NCC#Cc1cc2c(NC34CCN(C)CC3C4)nccn2c1[Se]C(F)(F)F. The minimum atomic E-state index is -4.36. The van der Waals surface area contributed by atoms with Crippen molar-refractivity contribution in [2.45, 2.75) is 36.5 Å². The zero-order valence-corrected chi connectivity index (χ0v) is 25.2. The van der Waals surface area contributed by atoms with Crippen molar-refractivity contribution in [1.29, 1.82) is 0 Å². The number of nitrogens with zero attached hydrogens (tertiary/aromatic N) is 3. The van der Waals surface area contributed by atoms with Gasteiger partial charge in [0.1, 0.15) is 0 Å². The van der Waals surface area contributed by atoms with E-state index < -0.39 is 26.1 Å². The first-order valence-corrected chi connectivity index (χ1v) is 15.3. The molecule has 224 valence electrons. The maximum atomic E-state index is 13.7. The van der Waals surface area contributed by atoms with Crippen molar-refractivity contribution >= 4 is 42.5 Å². The summed E-state index contributed by atoms with van der Waals surface area (Å²) in [4.78, 5) is 19.2. The Balaban J connectivity index is 1.37. The number of hydrogen-bond acceptors (Lipinski definition) is 7. The number of rotatable bonds is 9. The summed E-state index contributed by atoms with van der Waals surface area (Å²) in [6.45, 7) is 3.73. The summed E-state index contributed by atoms with van der Waals surface area (Å²) >= 11 is -1.82. The van der Waals surface area contributed by atoms with Gasteiger partial charge in [-0.05, 0) is 6.92 Å². The summed E-state index contributed by atoms with van der Waals surface area (Å²) in [6.07, 6.45) is 4.39. The van der Waals surface area contributed by atoms with E-state index >= 15 is 0 Å². The Morgan fingerprint density at radius 3 is 2.88 bits per heavy atom. The fourth-order valence-electron chi connectivity index (χ4n) is 5.32. The molecule has 3 atom stereocenters. The van der Waals surface area contributed by atoms with Crippen LogP contribution in [-0.4, -0.2) is 97.3 Å². The Morgan fingerprint density at radius 2 is 2.17 bits per heavy atom. The van der Waals surface area contributed by atoms with Gasteiger partial charge < -0.3 is 5.11 Å². The quantitative estimate of drug-likeness (QED) is 0.209. The first-order valence-electron chi connectivity index (χ1n) is 13.6. The Hall–Kier alpha value is -3.43. The number of likely N-dealkylation sites (tertiary alicyclic amines) is 1. The van der Waals surface area contributed by atoms with E-state index in [0.29, 0.717) is 39.8 Å². The molecule has 42 heavy (non-hydrogen) atoms. The molecule has 0 spiro atoms. The molecule has 13 heteroatoms. The second kappa shape index (κ2) is 12.1. The number of anilines is 2. The van der Waals surface area contributed by atoms with Crippen molar-refractivity contribution in [1.82, 2.24) is 19.6 Å². The number of carbonyl (C=O) groups is 1. The van der Waals surface area contributed by atoms with Crippen LogP contribution < -0.4 is 25.3 Å². The standard InChI is InChI=1S/C29H33F3N6O3Se/c1-18(39)16-35-26(40)19-6-7-24(41-3)22(13-19)33-9-4-5-20-14-23-25(36-28-8-11-37(2)17-21(28)15-28)34-10-12-38(23)27(20)42-29(30,31)32/h6-7,10,12-14,18,21,33,39H,8-9,11,15-17H2,1-3H3,(H,34,36)(H,35,40)/t18-,21?,28?/m1/s1. The van der Waals surface area contributed by atoms with Crippen LogP contribution in [0, 0.1) is 17.8 Å². The molecule has 0 bridgehead atoms. The first-order chi connectivity index (χ1) is 20.0. The topological polar surface area (TPSA) is 103 Å². The molecule has 4 N–H and O–H groups in total. The van der Waals surface area contributed by atoms with Gasteiger partial charge >= 0.3 is 231 Å². The third-order valence-corrected chi connectivity index (χ3v) is 9.31. The number of hydrogen-bond donors (Lipinski definition) is 4. The molecule has 1 aliphatic heterocycles. The molecule has 1 saturated carbocycles. The number of ether oxygens (including phenoxy) is 1. The zero-order valence-electron chi connectivity index (χ0n) is 23.5. The number of methoxy groups -OCH3 is 1. The molecule has 2 unspecified atom stereocenters. The minimum absolute atomic E-state index is 0.0580. The van der Waals surface area contributed by atoms with Crippen LogP contribution in [0.15, 0.2) is 36.7 Å². The molecule has 1 amide bonds. The Bertz CT molecular complexity index is 1530. The average molecular weight is 650 g/mol. The van der Waals surface area contributed by atoms with Crippen LogP contribution >= 0.6 is 0 Å². The molecule has 3 aromatic rings. The molecular formula is C29H33F3N6O3Se. The average Bonchev–Trinajstić information content (AvgIpc) is 3.53. The van der Waals surface area contributed by atoms with Gasteiger partial charge in [-0.15, -0.1) is 0 Å². The maximum absolute atomic E-state index is 13.7. The Labute approximate surface area is 248 Å². The van der Waals surface area contributed by atoms with E-state index in [4.69, 9.17) is 4.74 Å². The van der Waals surface area contributed by atoms with Gasteiger partial charge in [0.05, 0.1) is 6.10 Å². The summed E-state index contributed by atoms with van der Waals surface area (Å²) < 4.78 is 48.0. The van der Waals surface area contributed by atoms with Crippen molar-refractivity contribution in [3.8, 4) is 17.6 Å². The van der Waals surface area contributed by atoms with Crippen LogP contribution in [-0.2, 0) is 0 Å². The summed E-state index contributed by atoms with van der Waals surface area (Å²) in [5.41, 5.74) is 1.68. The molecule has 1 saturated heterocycles. The number of carbonyl (C=O) groups excluding carboxylic acids is 1. The van der Waals surface area contributed by atoms with Gasteiger partial charge in [0.2, 0.25) is 0 Å². The number of aliphatic hydroxyl groups is 1. The van der Waals surface area contributed by atoms with Crippen molar-refractivity contribution in [3.63, 3.8) is 0 Å². The number of aliphatic hydroxyl groups excluding tert-OH is 1. The van der Waals surface area contributed by atoms with Crippen molar-refractivity contribution in [2.24, 2.45) is 5.92 Å². The first kappa shape index (κ1) is 30.0. The molecule has 0 radical (unpaired) electrons. The Morgan fingerprint density at radius 1 is 1.36 bits per heavy atom. The molecule has 3 heterocycles. The molecule has 5 rings (SSSR count). The van der Waals surface area contributed by atoms with E-state index in [1.54, 1.807) is 41.8 Å². The number of halogens is 3. The van der Waals surface area contributed by atoms with Crippen LogP contribution in [0.1, 0.15) is 35.7 Å². The number of piperidine rings is 1. The summed E-state index contributed by atoms with van der Waals surface area (Å²) in [7, 11) is 3.59. The summed E-state index contributed by atoms with van der Waals surface area (Å²) in [5.74, 6) is 7.06. The molecule has 2 aliphatic rings. The number of amides is 1. The zero-order chi connectivity index (χ0) is 30.1. The van der Waals surface area contributed by atoms with Crippen LogP contribution in [0.25, 0.3) is 5.52 Å². The van der Waals surface area contributed by atoms with Crippen LogP contribution in [0.3, 0.4) is 0 Å². The Kier molecular flexibility index (Phi) is 8.62. The van der Waals surface area contributed by atoms with Gasteiger partial charge in [-0.2, -0.15) is 0 Å². The monoisotopic (exact) mass is 650 g/mol. The van der Waals surface area contributed by atoms with Gasteiger partial charge in [-0.3, -0.25) is 0 Å². The molecule has 1 aromatic carbocycles. The number of nitrogens with one attached hydrogen (secondary N) is 3. The van der Waals surface area contributed by atoms with Crippen molar-refractivity contribution in [3.05, 3.63) is 47.8 Å². The van der Waals surface area contributed by atoms with E-state index in [2.05, 4.69) is 44.7 Å². The van der Waals surface area contributed by atoms with E-state index in [1.165, 1.54) is 13.3 Å². The predicted octanol–water partition coefficient (Wildman–Crippen LogP) is 2.27. The second-order valence-corrected chi connectivity index (χ2v) is 13.0. The van der Waals surface area contributed by atoms with E-state index in [1.807, 2.05) is 0 Å². The molecule has 9 nitrogen and oxygen atoms in total. The van der Waals surface area contributed by atoms with Crippen LogP contribution in [0.4, 0.5) is 24.7 Å². The number of benzene rings is 1. The van der Waals surface area contributed by atoms with Crippen molar-refractivity contribution in [2.75, 3.05) is 51.0 Å². The van der Waals surface area contributed by atoms with E-state index in [9.17, 15) is 23.1 Å². The van der Waals surface area contributed by atoms with E-state index in [0.717, 1.165) is 25.9 Å². The fourth-order valence-corrected chi connectivity index (χ4v) is 6.78. The van der Waals surface area contributed by atoms with Crippen molar-refractivity contribution < 1.29 is 27.8 Å².